The summed E-state index contributed by atoms with van der Waals surface area (Å²) in [7, 11) is 1.46. The number of aromatic hydroxyl groups is 1. The molecule has 140 valence electrons. The molecule has 0 amide bonds. The van der Waals surface area contributed by atoms with Crippen molar-refractivity contribution in [2.24, 2.45) is 5.10 Å². The molecule has 0 fully saturated rings. The van der Waals surface area contributed by atoms with E-state index in [1.807, 2.05) is 0 Å². The van der Waals surface area contributed by atoms with Crippen molar-refractivity contribution in [2.45, 2.75) is 12.1 Å². The largest absolute Gasteiger partial charge is 0.549 e. The molecule has 0 radical (unpaired) electrons. The van der Waals surface area contributed by atoms with Crippen LogP contribution in [0, 0.1) is 6.92 Å². The van der Waals surface area contributed by atoms with Crippen LogP contribution >= 0.6 is 11.8 Å². The molecule has 1 N–H and O–H groups in total. The SMILES string of the molecule is COc1ccc(/C=N\n2c(SCC(=O)[O-])nnc2-c2ccoc2C)cc1O. The lowest BCUT2D eigenvalue weighted by molar-refractivity contribution is -0.301. The molecule has 0 aliphatic rings. The molecule has 3 rings (SSSR count). The molecule has 0 atom stereocenters. The third-order valence-corrected chi connectivity index (χ3v) is 4.45. The van der Waals surface area contributed by atoms with Gasteiger partial charge in [0.1, 0.15) is 5.76 Å². The molecule has 27 heavy (non-hydrogen) atoms. The monoisotopic (exact) mass is 387 g/mol. The van der Waals surface area contributed by atoms with E-state index < -0.39 is 5.97 Å². The van der Waals surface area contributed by atoms with Crippen molar-refractivity contribution in [2.75, 3.05) is 12.9 Å². The van der Waals surface area contributed by atoms with Crippen molar-refractivity contribution in [1.82, 2.24) is 14.9 Å². The number of hydrogen-bond donors (Lipinski definition) is 1. The number of aromatic nitrogens is 3. The maximum Gasteiger partial charge on any atom is 0.212 e. The average molecular weight is 387 g/mol. The minimum Gasteiger partial charge on any atom is -0.549 e. The van der Waals surface area contributed by atoms with Gasteiger partial charge in [-0.05, 0) is 36.8 Å². The van der Waals surface area contributed by atoms with E-state index in [4.69, 9.17) is 9.15 Å². The molecule has 1 aromatic carbocycles. The van der Waals surface area contributed by atoms with Crippen molar-refractivity contribution < 1.29 is 24.2 Å². The van der Waals surface area contributed by atoms with Crippen molar-refractivity contribution >= 4 is 23.9 Å². The lowest BCUT2D eigenvalue weighted by Gasteiger charge is -2.05. The van der Waals surface area contributed by atoms with Gasteiger partial charge < -0.3 is 24.2 Å². The quantitative estimate of drug-likeness (QED) is 0.475. The molecule has 2 aromatic heterocycles. The van der Waals surface area contributed by atoms with Gasteiger partial charge in [0.05, 0.1) is 31.1 Å². The van der Waals surface area contributed by atoms with E-state index in [1.165, 1.54) is 30.3 Å². The third kappa shape index (κ3) is 4.11. The highest BCUT2D eigenvalue weighted by Gasteiger charge is 2.17. The predicted molar refractivity (Wildman–Crippen MR) is 95.8 cm³/mol. The average Bonchev–Trinajstić information content (AvgIpc) is 3.23. The van der Waals surface area contributed by atoms with Gasteiger partial charge in [0.25, 0.3) is 0 Å². The van der Waals surface area contributed by atoms with E-state index >= 15 is 0 Å². The van der Waals surface area contributed by atoms with Gasteiger partial charge in [-0.2, -0.15) is 9.78 Å². The first kappa shape index (κ1) is 18.5. The molecule has 3 aromatic rings. The van der Waals surface area contributed by atoms with Gasteiger partial charge in [0.2, 0.25) is 5.16 Å². The van der Waals surface area contributed by atoms with Crippen LogP contribution in [0.3, 0.4) is 0 Å². The van der Waals surface area contributed by atoms with Gasteiger partial charge in [-0.15, -0.1) is 10.2 Å². The molecule has 2 heterocycles. The van der Waals surface area contributed by atoms with Crippen molar-refractivity contribution in [3.63, 3.8) is 0 Å². The van der Waals surface area contributed by atoms with E-state index in [0.29, 0.717) is 28.5 Å². The number of thioether (sulfide) groups is 1. The minimum atomic E-state index is -1.22. The fourth-order valence-corrected chi connectivity index (χ4v) is 2.88. The van der Waals surface area contributed by atoms with Crippen molar-refractivity contribution in [3.05, 3.63) is 41.9 Å². The fraction of sp³-hybridized carbons (Fsp3) is 0.176. The number of rotatable bonds is 7. The Hall–Kier alpha value is -3.27. The van der Waals surface area contributed by atoms with Gasteiger partial charge in [0, 0.05) is 5.75 Å². The molecule has 0 saturated heterocycles. The summed E-state index contributed by atoms with van der Waals surface area (Å²) >= 11 is 0.937. The van der Waals surface area contributed by atoms with Crippen LogP contribution in [0.1, 0.15) is 11.3 Å². The normalized spacial score (nSPS) is 11.2. The maximum atomic E-state index is 10.8. The predicted octanol–water partition coefficient (Wildman–Crippen LogP) is 1.28. The summed E-state index contributed by atoms with van der Waals surface area (Å²) in [4.78, 5) is 10.8. The first-order chi connectivity index (χ1) is 13.0. The number of furan rings is 1. The molecule has 0 spiro atoms. The molecule has 0 saturated carbocycles. The summed E-state index contributed by atoms with van der Waals surface area (Å²) in [5, 5.41) is 33.4. The van der Waals surface area contributed by atoms with Crippen molar-refractivity contribution in [3.8, 4) is 22.9 Å². The summed E-state index contributed by atoms with van der Waals surface area (Å²) in [6.07, 6.45) is 3.01. The number of carboxylic acids is 1. The Balaban J connectivity index is 1.98. The first-order valence-electron chi connectivity index (χ1n) is 7.73. The number of aliphatic carboxylic acids is 1. The zero-order chi connectivity index (χ0) is 19.4. The van der Waals surface area contributed by atoms with Gasteiger partial charge in [0.15, 0.2) is 17.3 Å². The first-order valence-corrected chi connectivity index (χ1v) is 8.72. The molecule has 0 aliphatic carbocycles. The Kier molecular flexibility index (Phi) is 5.46. The summed E-state index contributed by atoms with van der Waals surface area (Å²) in [5.74, 6) is -0.173. The number of carboxylic acid groups (broad SMARTS) is 1. The van der Waals surface area contributed by atoms with Crippen LogP contribution in [0.4, 0.5) is 0 Å². The second-order valence-corrected chi connectivity index (χ2v) is 6.29. The van der Waals surface area contributed by atoms with Gasteiger partial charge in [-0.1, -0.05) is 11.8 Å². The number of phenolic OH excluding ortho intramolecular Hbond substituents is 1. The van der Waals surface area contributed by atoms with Crippen LogP contribution in [-0.2, 0) is 4.79 Å². The number of nitrogens with zero attached hydrogens (tertiary/aromatic N) is 4. The van der Waals surface area contributed by atoms with Crippen LogP contribution in [-0.4, -0.2) is 45.0 Å². The number of aryl methyl sites for hydroxylation is 1. The van der Waals surface area contributed by atoms with E-state index in [0.717, 1.165) is 11.8 Å². The van der Waals surface area contributed by atoms with Crippen LogP contribution < -0.4 is 9.84 Å². The molecular formula is C17H15N4O5S-. The van der Waals surface area contributed by atoms with Crippen molar-refractivity contribution in [1.29, 1.82) is 0 Å². The summed E-state index contributed by atoms with van der Waals surface area (Å²) in [5.41, 5.74) is 1.28. The van der Waals surface area contributed by atoms with Crippen LogP contribution in [0.15, 0.2) is 45.2 Å². The molecule has 0 aliphatic heterocycles. The standard InChI is InChI=1S/C17H16N4O5S/c1-10-12(5-6-26-10)16-19-20-17(27-9-15(23)24)21(16)18-8-11-3-4-14(25-2)13(22)7-11/h3-8,22H,9H2,1-2H3,(H,23,24)/p-1/b18-8-. The fourth-order valence-electron chi connectivity index (χ4n) is 2.28. The topological polar surface area (TPSA) is 126 Å². The Morgan fingerprint density at radius 2 is 2.26 bits per heavy atom. The number of methoxy groups -OCH3 is 1. The zero-order valence-corrected chi connectivity index (χ0v) is 15.3. The second kappa shape index (κ2) is 7.96. The smallest absolute Gasteiger partial charge is 0.212 e. The number of ether oxygens (including phenoxy) is 1. The Labute approximate surface area is 158 Å². The number of carbonyl (C=O) groups is 1. The highest BCUT2D eigenvalue weighted by Crippen LogP contribution is 2.28. The summed E-state index contributed by atoms with van der Waals surface area (Å²) < 4.78 is 11.7. The van der Waals surface area contributed by atoms with Gasteiger partial charge in [-0.3, -0.25) is 0 Å². The van der Waals surface area contributed by atoms with Gasteiger partial charge in [-0.25, -0.2) is 0 Å². The molecule has 9 nitrogen and oxygen atoms in total. The summed E-state index contributed by atoms with van der Waals surface area (Å²) in [6, 6.07) is 6.53. The number of carbonyl (C=O) groups excluding carboxylic acids is 1. The van der Waals surface area contributed by atoms with E-state index in [9.17, 15) is 15.0 Å². The van der Waals surface area contributed by atoms with E-state index in [2.05, 4.69) is 15.3 Å². The van der Waals surface area contributed by atoms with Crippen LogP contribution in [0.2, 0.25) is 0 Å². The lowest BCUT2D eigenvalue weighted by atomic mass is 10.2. The summed E-state index contributed by atoms with van der Waals surface area (Å²) in [6.45, 7) is 1.77. The molecule has 0 unspecified atom stereocenters. The molecule has 0 bridgehead atoms. The minimum absolute atomic E-state index is 0.0253. The number of benzene rings is 1. The number of phenols is 1. The van der Waals surface area contributed by atoms with E-state index in [1.54, 1.807) is 25.1 Å². The maximum absolute atomic E-state index is 10.8. The highest BCUT2D eigenvalue weighted by molar-refractivity contribution is 7.99. The highest BCUT2D eigenvalue weighted by atomic mass is 32.2. The molecule has 10 heteroatoms. The van der Waals surface area contributed by atoms with E-state index in [-0.39, 0.29) is 16.7 Å². The third-order valence-electron chi connectivity index (χ3n) is 3.56. The van der Waals surface area contributed by atoms with Crippen LogP contribution in [0.5, 0.6) is 11.5 Å². The molecular weight excluding hydrogens is 372 g/mol. The Morgan fingerprint density at radius 1 is 1.44 bits per heavy atom. The zero-order valence-electron chi connectivity index (χ0n) is 14.4. The Morgan fingerprint density at radius 3 is 2.89 bits per heavy atom. The van der Waals surface area contributed by atoms with Gasteiger partial charge >= 0.3 is 0 Å². The second-order valence-electron chi connectivity index (χ2n) is 5.34. The number of hydrogen-bond acceptors (Lipinski definition) is 9. The Bertz CT molecular complexity index is 995. The lowest BCUT2D eigenvalue weighted by Crippen LogP contribution is -2.24. The van der Waals surface area contributed by atoms with Crippen LogP contribution in [0.25, 0.3) is 11.4 Å².